The van der Waals surface area contributed by atoms with Gasteiger partial charge in [0, 0.05) is 41.9 Å². The third-order valence-electron chi connectivity index (χ3n) is 6.03. The van der Waals surface area contributed by atoms with E-state index in [1.165, 1.54) is 0 Å². The molecular formula is C24H32N6O3. The lowest BCUT2D eigenvalue weighted by molar-refractivity contribution is -0.140. The molecule has 0 bridgehead atoms. The van der Waals surface area contributed by atoms with Crippen molar-refractivity contribution in [3.63, 3.8) is 0 Å². The van der Waals surface area contributed by atoms with Crippen molar-refractivity contribution in [2.45, 2.75) is 40.7 Å². The van der Waals surface area contributed by atoms with Crippen LogP contribution in [0.2, 0.25) is 0 Å². The quantitative estimate of drug-likeness (QED) is 0.740. The number of aromatic nitrogens is 2. The summed E-state index contributed by atoms with van der Waals surface area (Å²) in [4.78, 5) is 38.2. The van der Waals surface area contributed by atoms with Gasteiger partial charge in [-0.25, -0.2) is 14.8 Å². The Morgan fingerprint density at radius 1 is 1.12 bits per heavy atom. The highest BCUT2D eigenvalue weighted by Crippen LogP contribution is 2.32. The molecule has 0 atom stereocenters. The fraction of sp³-hybridized carbons (Fsp3) is 0.500. The number of carbonyl (C=O) groups excluding carboxylic acids is 2. The predicted molar refractivity (Wildman–Crippen MR) is 127 cm³/mol. The standard InChI is InChI=1S/C24H32N6O3/c1-15-13-16(5-6-18(15)27-23(25)32)20-26-19-14-30(22(31)24(2,3)4)8-7-17(19)21(28-20)29-9-11-33-12-10-29/h5-6,13H,7-12,14H2,1-4H3,(H3,25,27,32). The summed E-state index contributed by atoms with van der Waals surface area (Å²) in [7, 11) is 0. The normalized spacial score (nSPS) is 16.4. The number of aryl methyl sites for hydroxylation is 1. The van der Waals surface area contributed by atoms with Crippen molar-refractivity contribution in [2.75, 3.05) is 43.1 Å². The van der Waals surface area contributed by atoms with Gasteiger partial charge >= 0.3 is 6.03 Å². The Labute approximate surface area is 194 Å². The zero-order valence-electron chi connectivity index (χ0n) is 19.8. The molecule has 2 aromatic rings. The number of hydrogen-bond acceptors (Lipinski definition) is 6. The van der Waals surface area contributed by atoms with Gasteiger partial charge in [-0.1, -0.05) is 20.8 Å². The summed E-state index contributed by atoms with van der Waals surface area (Å²) in [5.41, 5.74) is 9.19. The first kappa shape index (κ1) is 23.0. The number of benzene rings is 1. The molecule has 1 aromatic heterocycles. The molecule has 9 heteroatoms. The van der Waals surface area contributed by atoms with Crippen LogP contribution in [0.4, 0.5) is 16.3 Å². The van der Waals surface area contributed by atoms with Gasteiger partial charge in [0.25, 0.3) is 0 Å². The van der Waals surface area contributed by atoms with Crippen LogP contribution in [0.3, 0.4) is 0 Å². The fourth-order valence-corrected chi connectivity index (χ4v) is 4.30. The Kier molecular flexibility index (Phi) is 6.25. The van der Waals surface area contributed by atoms with Crippen molar-refractivity contribution in [3.05, 3.63) is 35.0 Å². The van der Waals surface area contributed by atoms with Crippen molar-refractivity contribution in [1.82, 2.24) is 14.9 Å². The molecule has 3 amide bonds. The zero-order valence-corrected chi connectivity index (χ0v) is 19.8. The average Bonchev–Trinajstić information content (AvgIpc) is 2.78. The van der Waals surface area contributed by atoms with Gasteiger partial charge in [-0.3, -0.25) is 4.79 Å². The minimum Gasteiger partial charge on any atom is -0.378 e. The maximum atomic E-state index is 13.0. The third-order valence-corrected chi connectivity index (χ3v) is 6.03. The molecule has 0 unspecified atom stereocenters. The van der Waals surface area contributed by atoms with E-state index >= 15 is 0 Å². The topological polar surface area (TPSA) is 114 Å². The first-order chi connectivity index (χ1) is 15.6. The van der Waals surface area contributed by atoms with Crippen LogP contribution in [0.5, 0.6) is 0 Å². The summed E-state index contributed by atoms with van der Waals surface area (Å²) in [6.45, 7) is 11.7. The lowest BCUT2D eigenvalue weighted by atomic mass is 9.93. The van der Waals surface area contributed by atoms with Crippen LogP contribution in [0.25, 0.3) is 11.4 Å². The second kappa shape index (κ2) is 8.97. The number of nitrogens with two attached hydrogens (primary N) is 1. The maximum absolute atomic E-state index is 13.0. The molecule has 0 aliphatic carbocycles. The highest BCUT2D eigenvalue weighted by molar-refractivity contribution is 5.89. The molecule has 9 nitrogen and oxygen atoms in total. The number of carbonyl (C=O) groups is 2. The average molecular weight is 453 g/mol. The van der Waals surface area contributed by atoms with Crippen molar-refractivity contribution in [3.8, 4) is 11.4 Å². The number of primary amides is 1. The summed E-state index contributed by atoms with van der Waals surface area (Å²) in [5, 5.41) is 2.63. The van der Waals surface area contributed by atoms with Crippen LogP contribution in [-0.4, -0.2) is 59.7 Å². The molecule has 0 spiro atoms. The molecule has 4 rings (SSSR count). The van der Waals surface area contributed by atoms with E-state index in [1.807, 2.05) is 50.8 Å². The predicted octanol–water partition coefficient (Wildman–Crippen LogP) is 2.71. The Balaban J connectivity index is 1.75. The smallest absolute Gasteiger partial charge is 0.316 e. The van der Waals surface area contributed by atoms with Gasteiger partial charge in [0.1, 0.15) is 5.82 Å². The van der Waals surface area contributed by atoms with E-state index < -0.39 is 11.4 Å². The Hall–Kier alpha value is -3.20. The largest absolute Gasteiger partial charge is 0.378 e. The van der Waals surface area contributed by atoms with Crippen molar-refractivity contribution < 1.29 is 14.3 Å². The lowest BCUT2D eigenvalue weighted by Crippen LogP contribution is -2.44. The van der Waals surface area contributed by atoms with Gasteiger partial charge in [-0.05, 0) is 37.1 Å². The van der Waals surface area contributed by atoms with E-state index in [-0.39, 0.29) is 5.91 Å². The van der Waals surface area contributed by atoms with Crippen molar-refractivity contribution >= 4 is 23.4 Å². The van der Waals surface area contributed by atoms with Crippen molar-refractivity contribution in [2.24, 2.45) is 11.1 Å². The first-order valence-electron chi connectivity index (χ1n) is 11.3. The summed E-state index contributed by atoms with van der Waals surface area (Å²) in [5.74, 6) is 1.66. The fourth-order valence-electron chi connectivity index (χ4n) is 4.30. The van der Waals surface area contributed by atoms with E-state index in [1.54, 1.807) is 0 Å². The molecule has 2 aliphatic heterocycles. The van der Waals surface area contributed by atoms with Crippen LogP contribution < -0.4 is 16.0 Å². The molecule has 1 aromatic carbocycles. The van der Waals surface area contributed by atoms with E-state index in [2.05, 4.69) is 10.2 Å². The van der Waals surface area contributed by atoms with Crippen molar-refractivity contribution in [1.29, 1.82) is 0 Å². The summed E-state index contributed by atoms with van der Waals surface area (Å²) >= 11 is 0. The number of rotatable bonds is 3. The number of urea groups is 1. The highest BCUT2D eigenvalue weighted by Gasteiger charge is 2.32. The second-order valence-corrected chi connectivity index (χ2v) is 9.64. The molecule has 3 heterocycles. The molecule has 0 saturated carbocycles. The number of fused-ring (bicyclic) bond motifs is 1. The molecule has 1 saturated heterocycles. The molecule has 1 fully saturated rings. The number of anilines is 2. The summed E-state index contributed by atoms with van der Waals surface area (Å²) < 4.78 is 5.54. The van der Waals surface area contributed by atoms with Gasteiger partial charge in [0.05, 0.1) is 25.5 Å². The van der Waals surface area contributed by atoms with E-state index in [0.717, 1.165) is 47.7 Å². The van der Waals surface area contributed by atoms with Gasteiger partial charge in [0.2, 0.25) is 5.91 Å². The first-order valence-corrected chi connectivity index (χ1v) is 11.3. The number of nitrogens with one attached hydrogen (secondary N) is 1. The molecule has 0 radical (unpaired) electrons. The maximum Gasteiger partial charge on any atom is 0.316 e. The SMILES string of the molecule is Cc1cc(-c2nc3c(c(N4CCOCC4)n2)CCN(C(=O)C(C)(C)C)C3)ccc1NC(N)=O. The number of ether oxygens (including phenoxy) is 1. The lowest BCUT2D eigenvalue weighted by Gasteiger charge is -2.36. The highest BCUT2D eigenvalue weighted by atomic mass is 16.5. The summed E-state index contributed by atoms with van der Waals surface area (Å²) in [6, 6.07) is 5.03. The number of nitrogens with zero attached hydrogens (tertiary/aromatic N) is 4. The van der Waals surface area contributed by atoms with Crippen LogP contribution in [0.1, 0.15) is 37.6 Å². The van der Waals surface area contributed by atoms with Gasteiger partial charge in [-0.2, -0.15) is 0 Å². The number of morpholine rings is 1. The Morgan fingerprint density at radius 2 is 1.85 bits per heavy atom. The van der Waals surface area contributed by atoms with E-state index in [0.29, 0.717) is 37.8 Å². The third kappa shape index (κ3) is 4.93. The molecule has 2 aliphatic rings. The second-order valence-electron chi connectivity index (χ2n) is 9.64. The van der Waals surface area contributed by atoms with Gasteiger partial charge in [0.15, 0.2) is 5.82 Å². The number of hydrogen-bond donors (Lipinski definition) is 2. The van der Waals surface area contributed by atoms with Gasteiger partial charge < -0.3 is 25.6 Å². The zero-order chi connectivity index (χ0) is 23.8. The van der Waals surface area contributed by atoms with Gasteiger partial charge in [-0.15, -0.1) is 0 Å². The Morgan fingerprint density at radius 3 is 2.48 bits per heavy atom. The Bertz CT molecular complexity index is 1070. The number of amides is 3. The summed E-state index contributed by atoms with van der Waals surface area (Å²) in [6.07, 6.45) is 0.727. The molecule has 3 N–H and O–H groups in total. The minimum atomic E-state index is -0.603. The van der Waals surface area contributed by atoms with Crippen LogP contribution >= 0.6 is 0 Å². The molecule has 176 valence electrons. The molecule has 33 heavy (non-hydrogen) atoms. The van der Waals surface area contributed by atoms with E-state index in [9.17, 15) is 9.59 Å². The van der Waals surface area contributed by atoms with Crippen LogP contribution in [0.15, 0.2) is 18.2 Å². The van der Waals surface area contributed by atoms with Crippen LogP contribution in [-0.2, 0) is 22.5 Å². The van der Waals surface area contributed by atoms with Crippen LogP contribution in [0, 0.1) is 12.3 Å². The van der Waals surface area contributed by atoms with E-state index in [4.69, 9.17) is 20.4 Å². The molecular weight excluding hydrogens is 420 g/mol. The monoisotopic (exact) mass is 452 g/mol. The minimum absolute atomic E-state index is 0.124.